The van der Waals surface area contributed by atoms with E-state index in [9.17, 15) is 23.6 Å². The molecule has 9 nitrogen and oxygen atoms in total. The van der Waals surface area contributed by atoms with Gasteiger partial charge in [-0.3, -0.25) is 19.3 Å². The van der Waals surface area contributed by atoms with Gasteiger partial charge < -0.3 is 19.5 Å². The van der Waals surface area contributed by atoms with Crippen LogP contribution in [-0.4, -0.2) is 55.3 Å². The Morgan fingerprint density at radius 2 is 1.94 bits per heavy atom. The minimum absolute atomic E-state index is 0.0820. The normalized spacial score (nSPS) is 14.3. The number of nitrogens with one attached hydrogen (secondary N) is 1. The second-order valence-electron chi connectivity index (χ2n) is 6.83. The molecular formula is C22H17BrClFN2O7S. The molecule has 1 heterocycles. The lowest BCUT2D eigenvalue weighted by atomic mass is 10.2. The first-order valence-corrected chi connectivity index (χ1v) is 11.7. The molecule has 0 saturated carbocycles. The summed E-state index contributed by atoms with van der Waals surface area (Å²) >= 11 is 9.73. The van der Waals surface area contributed by atoms with Crippen molar-refractivity contribution in [3.05, 3.63) is 56.1 Å². The van der Waals surface area contributed by atoms with Gasteiger partial charge in [0, 0.05) is 10.2 Å². The van der Waals surface area contributed by atoms with Crippen molar-refractivity contribution < 1.29 is 37.8 Å². The van der Waals surface area contributed by atoms with Crippen LogP contribution in [-0.2, 0) is 19.1 Å². The van der Waals surface area contributed by atoms with Gasteiger partial charge in [-0.15, -0.1) is 0 Å². The van der Waals surface area contributed by atoms with Gasteiger partial charge in [-0.05, 0) is 53.7 Å². The summed E-state index contributed by atoms with van der Waals surface area (Å²) in [6, 6.07) is 6.69. The Balaban J connectivity index is 1.74. The molecule has 0 atom stereocenters. The second-order valence-corrected chi connectivity index (χ2v) is 9.09. The zero-order valence-corrected chi connectivity index (χ0v) is 21.4. The van der Waals surface area contributed by atoms with Crippen LogP contribution >= 0.6 is 39.3 Å². The van der Waals surface area contributed by atoms with Gasteiger partial charge in [-0.25, -0.2) is 9.18 Å². The summed E-state index contributed by atoms with van der Waals surface area (Å²) in [7, 11) is 2.63. The fourth-order valence-corrected chi connectivity index (χ4v) is 4.27. The molecule has 3 rings (SSSR count). The standard InChI is InChI=1S/C22H17BrClFN2O7S/c1-32-16-5-11(13(23)8-17(16)34-10-20(29)33-2)6-18-21(30)27(22(31)35-18)9-19(28)26-12-3-4-15(25)14(24)7-12/h3-8H,9-10H2,1-2H3,(H,26,28)/b18-6+. The molecule has 0 unspecified atom stereocenters. The number of imide groups is 1. The van der Waals surface area contributed by atoms with Crippen LogP contribution in [0.25, 0.3) is 6.08 Å². The summed E-state index contributed by atoms with van der Waals surface area (Å²) in [4.78, 5) is 49.7. The van der Waals surface area contributed by atoms with Crippen molar-refractivity contribution in [3.63, 3.8) is 0 Å². The van der Waals surface area contributed by atoms with Crippen LogP contribution in [0.5, 0.6) is 11.5 Å². The number of nitrogens with zero attached hydrogens (tertiary/aromatic N) is 1. The molecule has 35 heavy (non-hydrogen) atoms. The maximum Gasteiger partial charge on any atom is 0.343 e. The number of rotatable bonds is 8. The van der Waals surface area contributed by atoms with Crippen LogP contribution in [0.3, 0.4) is 0 Å². The Bertz CT molecular complexity index is 1240. The van der Waals surface area contributed by atoms with Gasteiger partial charge in [0.05, 0.1) is 24.1 Å². The molecule has 0 aliphatic carbocycles. The van der Waals surface area contributed by atoms with Gasteiger partial charge in [0.15, 0.2) is 18.1 Å². The third-order valence-corrected chi connectivity index (χ3v) is 6.41. The molecular weight excluding hydrogens is 571 g/mol. The van der Waals surface area contributed by atoms with E-state index in [1.54, 1.807) is 12.1 Å². The number of hydrogen-bond acceptors (Lipinski definition) is 8. The highest BCUT2D eigenvalue weighted by Gasteiger charge is 2.36. The highest BCUT2D eigenvalue weighted by Crippen LogP contribution is 2.38. The van der Waals surface area contributed by atoms with E-state index in [1.165, 1.54) is 32.4 Å². The molecule has 0 aromatic heterocycles. The third kappa shape index (κ3) is 6.53. The van der Waals surface area contributed by atoms with E-state index in [2.05, 4.69) is 26.0 Å². The highest BCUT2D eigenvalue weighted by atomic mass is 79.9. The first kappa shape index (κ1) is 26.5. The monoisotopic (exact) mass is 586 g/mol. The minimum atomic E-state index is -0.663. The molecule has 3 amide bonds. The Hall–Kier alpha value is -3.09. The molecule has 184 valence electrons. The first-order valence-electron chi connectivity index (χ1n) is 9.70. The molecule has 1 fully saturated rings. The second kappa shape index (κ2) is 11.6. The Kier molecular flexibility index (Phi) is 8.76. The first-order chi connectivity index (χ1) is 16.6. The van der Waals surface area contributed by atoms with Crippen LogP contribution in [0, 0.1) is 5.82 Å². The number of carbonyl (C=O) groups is 4. The van der Waals surface area contributed by atoms with Crippen molar-refractivity contribution in [1.82, 2.24) is 4.90 Å². The largest absolute Gasteiger partial charge is 0.493 e. The lowest BCUT2D eigenvalue weighted by molar-refractivity contribution is -0.143. The molecule has 1 saturated heterocycles. The van der Waals surface area contributed by atoms with Gasteiger partial charge in [0.2, 0.25) is 5.91 Å². The summed E-state index contributed by atoms with van der Waals surface area (Å²) in [6.45, 7) is -0.870. The van der Waals surface area contributed by atoms with Crippen LogP contribution in [0.1, 0.15) is 5.56 Å². The van der Waals surface area contributed by atoms with Crippen LogP contribution < -0.4 is 14.8 Å². The molecule has 2 aromatic carbocycles. The van der Waals surface area contributed by atoms with Crippen molar-refractivity contribution in [3.8, 4) is 11.5 Å². The molecule has 0 spiro atoms. The fraction of sp³-hybridized carbons (Fsp3) is 0.182. The van der Waals surface area contributed by atoms with Crippen molar-refractivity contribution in [2.75, 3.05) is 32.7 Å². The smallest absolute Gasteiger partial charge is 0.343 e. The maximum atomic E-state index is 13.3. The topological polar surface area (TPSA) is 111 Å². The molecule has 1 N–H and O–H groups in total. The van der Waals surface area contributed by atoms with E-state index >= 15 is 0 Å². The van der Waals surface area contributed by atoms with E-state index in [0.29, 0.717) is 21.8 Å². The van der Waals surface area contributed by atoms with E-state index in [4.69, 9.17) is 21.1 Å². The number of carbonyl (C=O) groups excluding carboxylic acids is 4. The summed E-state index contributed by atoms with van der Waals surface area (Å²) in [5, 5.41) is 1.65. The highest BCUT2D eigenvalue weighted by molar-refractivity contribution is 9.10. The summed E-state index contributed by atoms with van der Waals surface area (Å²) in [5.74, 6) is -2.01. The van der Waals surface area contributed by atoms with Crippen molar-refractivity contribution in [2.45, 2.75) is 0 Å². The predicted molar refractivity (Wildman–Crippen MR) is 131 cm³/mol. The number of thioether (sulfide) groups is 1. The Morgan fingerprint density at radius 1 is 1.20 bits per heavy atom. The van der Waals surface area contributed by atoms with Crippen LogP contribution in [0.2, 0.25) is 5.02 Å². The number of benzene rings is 2. The van der Waals surface area contributed by atoms with E-state index in [-0.39, 0.29) is 33.7 Å². The van der Waals surface area contributed by atoms with Gasteiger partial charge in [-0.2, -0.15) is 0 Å². The number of anilines is 1. The number of methoxy groups -OCH3 is 2. The van der Waals surface area contributed by atoms with Crippen molar-refractivity contribution in [2.24, 2.45) is 0 Å². The van der Waals surface area contributed by atoms with E-state index in [1.807, 2.05) is 0 Å². The number of halogens is 3. The average molecular weight is 588 g/mol. The Morgan fingerprint density at radius 3 is 2.60 bits per heavy atom. The van der Waals surface area contributed by atoms with Gasteiger partial charge >= 0.3 is 5.97 Å². The summed E-state index contributed by atoms with van der Waals surface area (Å²) in [5.41, 5.74) is 0.706. The molecule has 2 aromatic rings. The number of amides is 3. The molecule has 0 radical (unpaired) electrons. The summed E-state index contributed by atoms with van der Waals surface area (Å²) < 4.78 is 29.0. The van der Waals surface area contributed by atoms with Crippen molar-refractivity contribution >= 4 is 74.1 Å². The maximum absolute atomic E-state index is 13.3. The molecule has 13 heteroatoms. The molecule has 1 aliphatic heterocycles. The number of esters is 1. The zero-order chi connectivity index (χ0) is 25.7. The quantitative estimate of drug-likeness (QED) is 0.356. The molecule has 0 bridgehead atoms. The SMILES string of the molecule is COC(=O)COc1cc(Br)c(/C=C2/SC(=O)N(CC(=O)Nc3ccc(F)c(Cl)c3)C2=O)cc1OC. The number of hydrogen-bond donors (Lipinski definition) is 1. The van der Waals surface area contributed by atoms with Gasteiger partial charge in [-0.1, -0.05) is 27.5 Å². The van der Waals surface area contributed by atoms with Gasteiger partial charge in [0.25, 0.3) is 11.1 Å². The van der Waals surface area contributed by atoms with Crippen LogP contribution in [0.15, 0.2) is 39.7 Å². The zero-order valence-electron chi connectivity index (χ0n) is 18.2. The lowest BCUT2D eigenvalue weighted by Gasteiger charge is -2.13. The minimum Gasteiger partial charge on any atom is -0.493 e. The predicted octanol–water partition coefficient (Wildman–Crippen LogP) is 4.48. The fourth-order valence-electron chi connectivity index (χ4n) is 2.82. The third-order valence-electron chi connectivity index (χ3n) is 4.52. The van der Waals surface area contributed by atoms with Gasteiger partial charge in [0.1, 0.15) is 12.4 Å². The van der Waals surface area contributed by atoms with E-state index < -0.39 is 35.4 Å². The van der Waals surface area contributed by atoms with Crippen molar-refractivity contribution in [1.29, 1.82) is 0 Å². The average Bonchev–Trinajstić information content (AvgIpc) is 3.08. The molecule has 1 aliphatic rings. The Labute approximate surface area is 216 Å². The van der Waals surface area contributed by atoms with E-state index in [0.717, 1.165) is 11.0 Å². The van der Waals surface area contributed by atoms with Crippen LogP contribution in [0.4, 0.5) is 14.9 Å². The summed E-state index contributed by atoms with van der Waals surface area (Å²) in [6.07, 6.45) is 1.46. The number of ether oxygens (including phenoxy) is 3. The lowest BCUT2D eigenvalue weighted by Crippen LogP contribution is -2.36.